The van der Waals surface area contributed by atoms with Gasteiger partial charge in [0, 0.05) is 18.4 Å². The highest BCUT2D eigenvalue weighted by atomic mass is 16.5. The van der Waals surface area contributed by atoms with Gasteiger partial charge in [-0.2, -0.15) is 0 Å². The summed E-state index contributed by atoms with van der Waals surface area (Å²) in [4.78, 5) is 0. The van der Waals surface area contributed by atoms with Gasteiger partial charge in [-0.3, -0.25) is 5.84 Å². The molecular weight excluding hydrogens is 264 g/mol. The lowest BCUT2D eigenvalue weighted by Crippen LogP contribution is -2.39. The van der Waals surface area contributed by atoms with Crippen molar-refractivity contribution >= 4 is 0 Å². The van der Waals surface area contributed by atoms with Crippen molar-refractivity contribution in [1.29, 1.82) is 0 Å². The molecular formula is C17H18N2O2. The summed E-state index contributed by atoms with van der Waals surface area (Å²) in [5.41, 5.74) is 6.49. The third-order valence-corrected chi connectivity index (χ3v) is 4.30. The number of benzene rings is 2. The maximum atomic E-state index is 6.08. The summed E-state index contributed by atoms with van der Waals surface area (Å²) in [7, 11) is 0. The molecule has 2 aliphatic rings. The molecule has 4 rings (SSSR count). The molecule has 0 saturated heterocycles. The van der Waals surface area contributed by atoms with Gasteiger partial charge in [-0.1, -0.05) is 36.4 Å². The Morgan fingerprint density at radius 1 is 1.10 bits per heavy atom. The number of hydrogen-bond donors (Lipinski definition) is 2. The standard InChI is InChI=1S/C17H18N2O2/c18-19-16(13-6-3-5-11-8-9-20-17(11)13)15-10-12-4-1-2-7-14(12)21-15/h1-7,15-16,19H,8-10,18H2. The third-order valence-electron chi connectivity index (χ3n) is 4.30. The highest BCUT2D eigenvalue weighted by Crippen LogP contribution is 2.39. The van der Waals surface area contributed by atoms with Crippen LogP contribution in [-0.2, 0) is 12.8 Å². The van der Waals surface area contributed by atoms with Crippen molar-refractivity contribution in [2.45, 2.75) is 25.0 Å². The normalized spacial score (nSPS) is 20.3. The zero-order chi connectivity index (χ0) is 14.2. The second-order valence-electron chi connectivity index (χ2n) is 5.55. The second-order valence-corrected chi connectivity index (χ2v) is 5.55. The topological polar surface area (TPSA) is 56.5 Å². The van der Waals surface area contributed by atoms with Crippen molar-refractivity contribution in [3.05, 3.63) is 59.2 Å². The summed E-state index contributed by atoms with van der Waals surface area (Å²) < 4.78 is 11.9. The van der Waals surface area contributed by atoms with E-state index in [1.807, 2.05) is 18.2 Å². The molecule has 2 aliphatic heterocycles. The van der Waals surface area contributed by atoms with Crippen LogP contribution in [0.15, 0.2) is 42.5 Å². The van der Waals surface area contributed by atoms with E-state index < -0.39 is 0 Å². The van der Waals surface area contributed by atoms with Gasteiger partial charge in [-0.25, -0.2) is 5.43 Å². The van der Waals surface area contributed by atoms with Crippen molar-refractivity contribution in [3.63, 3.8) is 0 Å². The summed E-state index contributed by atoms with van der Waals surface area (Å²) in [6.07, 6.45) is 1.81. The minimum atomic E-state index is -0.0783. The monoisotopic (exact) mass is 282 g/mol. The number of hydrogen-bond acceptors (Lipinski definition) is 4. The zero-order valence-electron chi connectivity index (χ0n) is 11.7. The molecule has 0 spiro atoms. The highest BCUT2D eigenvalue weighted by molar-refractivity contribution is 5.47. The molecule has 0 aliphatic carbocycles. The molecule has 0 bridgehead atoms. The first-order valence-corrected chi connectivity index (χ1v) is 7.32. The fourth-order valence-corrected chi connectivity index (χ4v) is 3.28. The lowest BCUT2D eigenvalue weighted by atomic mass is 9.95. The lowest BCUT2D eigenvalue weighted by Gasteiger charge is -2.24. The van der Waals surface area contributed by atoms with Gasteiger partial charge in [0.05, 0.1) is 12.6 Å². The van der Waals surface area contributed by atoms with E-state index in [9.17, 15) is 0 Å². The van der Waals surface area contributed by atoms with E-state index in [0.29, 0.717) is 0 Å². The molecule has 2 heterocycles. The summed E-state index contributed by atoms with van der Waals surface area (Å²) in [5, 5.41) is 0. The number of ether oxygens (including phenoxy) is 2. The summed E-state index contributed by atoms with van der Waals surface area (Å²) in [5.74, 6) is 7.76. The Morgan fingerprint density at radius 2 is 1.95 bits per heavy atom. The van der Waals surface area contributed by atoms with Crippen LogP contribution >= 0.6 is 0 Å². The first-order chi connectivity index (χ1) is 10.4. The maximum Gasteiger partial charge on any atom is 0.127 e. The Morgan fingerprint density at radius 3 is 2.81 bits per heavy atom. The van der Waals surface area contributed by atoms with Gasteiger partial charge in [0.1, 0.15) is 17.6 Å². The Bertz CT molecular complexity index is 647. The van der Waals surface area contributed by atoms with Gasteiger partial charge in [-0.15, -0.1) is 0 Å². The molecule has 0 aromatic heterocycles. The van der Waals surface area contributed by atoms with Gasteiger partial charge in [0.2, 0.25) is 0 Å². The van der Waals surface area contributed by atoms with Crippen LogP contribution in [0.4, 0.5) is 0 Å². The quantitative estimate of drug-likeness (QED) is 0.669. The average molecular weight is 282 g/mol. The van der Waals surface area contributed by atoms with E-state index in [2.05, 4.69) is 29.7 Å². The van der Waals surface area contributed by atoms with Crippen LogP contribution in [-0.4, -0.2) is 12.7 Å². The number of rotatable bonds is 3. The van der Waals surface area contributed by atoms with Gasteiger partial charge < -0.3 is 9.47 Å². The second kappa shape index (κ2) is 5.06. The van der Waals surface area contributed by atoms with Gasteiger partial charge in [0.25, 0.3) is 0 Å². The molecule has 0 saturated carbocycles. The third kappa shape index (κ3) is 2.07. The van der Waals surface area contributed by atoms with Crippen molar-refractivity contribution in [1.82, 2.24) is 5.43 Å². The Labute approximate surface area is 123 Å². The minimum Gasteiger partial charge on any atom is -0.493 e. The molecule has 2 aromatic rings. The highest BCUT2D eigenvalue weighted by Gasteiger charge is 2.33. The molecule has 3 N–H and O–H groups in total. The minimum absolute atomic E-state index is 0.0110. The number of hydrazine groups is 1. The van der Waals surface area contributed by atoms with Gasteiger partial charge >= 0.3 is 0 Å². The molecule has 2 atom stereocenters. The summed E-state index contributed by atoms with van der Waals surface area (Å²) in [6.45, 7) is 0.745. The van der Waals surface area contributed by atoms with Crippen molar-refractivity contribution in [2.24, 2.45) is 5.84 Å². The SMILES string of the molecule is NNC(c1cccc2c1OCC2)C1Cc2ccccc2O1. The van der Waals surface area contributed by atoms with Gasteiger partial charge in [0.15, 0.2) is 0 Å². The van der Waals surface area contributed by atoms with E-state index in [4.69, 9.17) is 15.3 Å². The molecule has 108 valence electrons. The molecule has 0 amide bonds. The lowest BCUT2D eigenvalue weighted by molar-refractivity contribution is 0.176. The molecule has 2 aromatic carbocycles. The first kappa shape index (κ1) is 12.7. The molecule has 21 heavy (non-hydrogen) atoms. The number of para-hydroxylation sites is 2. The predicted molar refractivity (Wildman–Crippen MR) is 80.3 cm³/mol. The van der Waals surface area contributed by atoms with Crippen LogP contribution in [0.2, 0.25) is 0 Å². The Hall–Kier alpha value is -2.04. The fourth-order valence-electron chi connectivity index (χ4n) is 3.28. The first-order valence-electron chi connectivity index (χ1n) is 7.32. The largest absolute Gasteiger partial charge is 0.493 e. The predicted octanol–water partition coefficient (Wildman–Crippen LogP) is 2.13. The average Bonchev–Trinajstić information content (AvgIpc) is 3.14. The van der Waals surface area contributed by atoms with Crippen molar-refractivity contribution in [3.8, 4) is 11.5 Å². The van der Waals surface area contributed by atoms with E-state index >= 15 is 0 Å². The van der Waals surface area contributed by atoms with Crippen LogP contribution in [0.25, 0.3) is 0 Å². The van der Waals surface area contributed by atoms with Crippen LogP contribution < -0.4 is 20.7 Å². The van der Waals surface area contributed by atoms with Crippen LogP contribution in [0, 0.1) is 0 Å². The number of fused-ring (bicyclic) bond motifs is 2. The Balaban J connectivity index is 1.67. The molecule has 2 unspecified atom stereocenters. The van der Waals surface area contributed by atoms with E-state index in [-0.39, 0.29) is 12.1 Å². The number of nitrogens with two attached hydrogens (primary N) is 1. The van der Waals surface area contributed by atoms with E-state index in [0.717, 1.165) is 36.5 Å². The molecule has 4 heteroatoms. The van der Waals surface area contributed by atoms with Gasteiger partial charge in [-0.05, 0) is 17.2 Å². The molecule has 0 fully saturated rings. The fraction of sp³-hybridized carbons (Fsp3) is 0.294. The van der Waals surface area contributed by atoms with Crippen LogP contribution in [0.1, 0.15) is 22.7 Å². The maximum absolute atomic E-state index is 6.08. The Kier molecular flexibility index (Phi) is 3.05. The van der Waals surface area contributed by atoms with Crippen molar-refractivity contribution < 1.29 is 9.47 Å². The van der Waals surface area contributed by atoms with E-state index in [1.165, 1.54) is 11.1 Å². The molecule has 4 nitrogen and oxygen atoms in total. The smallest absolute Gasteiger partial charge is 0.127 e. The zero-order valence-corrected chi connectivity index (χ0v) is 11.7. The summed E-state index contributed by atoms with van der Waals surface area (Å²) in [6, 6.07) is 14.3. The van der Waals surface area contributed by atoms with Crippen LogP contribution in [0.5, 0.6) is 11.5 Å². The van der Waals surface area contributed by atoms with Crippen LogP contribution in [0.3, 0.4) is 0 Å². The molecule has 0 radical (unpaired) electrons. The summed E-state index contributed by atoms with van der Waals surface area (Å²) >= 11 is 0. The number of nitrogens with one attached hydrogen (secondary N) is 1. The van der Waals surface area contributed by atoms with E-state index in [1.54, 1.807) is 0 Å². The van der Waals surface area contributed by atoms with Crippen molar-refractivity contribution in [2.75, 3.05) is 6.61 Å².